The normalized spacial score (nSPS) is 28.6. The van der Waals surface area contributed by atoms with Gasteiger partial charge in [0.2, 0.25) is 0 Å². The largest absolute Gasteiger partial charge is 0.332 e. The SMILES string of the molecule is CCC1CCC(C)[C@@H]2C(=O)N(C3=CCC=Cc4ccccc43)C(=O)N12. The third-order valence-electron chi connectivity index (χ3n) is 5.77. The van der Waals surface area contributed by atoms with Gasteiger partial charge in [-0.3, -0.25) is 4.79 Å². The van der Waals surface area contributed by atoms with Crippen molar-refractivity contribution in [3.05, 3.63) is 47.5 Å². The van der Waals surface area contributed by atoms with E-state index in [0.29, 0.717) is 0 Å². The summed E-state index contributed by atoms with van der Waals surface area (Å²) in [7, 11) is 0. The number of rotatable bonds is 2. The molecule has 0 bridgehead atoms. The van der Waals surface area contributed by atoms with Crippen LogP contribution < -0.4 is 0 Å². The Hall–Kier alpha value is -2.36. The smallest absolute Gasteiger partial charge is 0.309 e. The number of carbonyl (C=O) groups is 2. The van der Waals surface area contributed by atoms with Crippen LogP contribution in [0.5, 0.6) is 0 Å². The van der Waals surface area contributed by atoms with Gasteiger partial charge in [0.05, 0.1) is 5.70 Å². The average Bonchev–Trinajstić information content (AvgIpc) is 2.78. The Labute approximate surface area is 148 Å². The molecule has 1 aromatic carbocycles. The number of imide groups is 1. The van der Waals surface area contributed by atoms with Crippen LogP contribution in [0, 0.1) is 5.92 Å². The molecule has 0 spiro atoms. The van der Waals surface area contributed by atoms with Crippen molar-refractivity contribution in [3.63, 3.8) is 0 Å². The Bertz CT molecular complexity index is 780. The molecule has 4 heteroatoms. The lowest BCUT2D eigenvalue weighted by Crippen LogP contribution is -2.49. The zero-order chi connectivity index (χ0) is 17.6. The van der Waals surface area contributed by atoms with Gasteiger partial charge in [-0.25, -0.2) is 9.69 Å². The van der Waals surface area contributed by atoms with Gasteiger partial charge in [0.1, 0.15) is 6.04 Å². The Kier molecular flexibility index (Phi) is 3.98. The number of carbonyl (C=O) groups excluding carboxylic acids is 2. The van der Waals surface area contributed by atoms with E-state index in [2.05, 4.69) is 26.0 Å². The second-order valence-electron chi connectivity index (χ2n) is 7.24. The molecule has 3 amide bonds. The van der Waals surface area contributed by atoms with Crippen LogP contribution in [-0.2, 0) is 4.79 Å². The summed E-state index contributed by atoms with van der Waals surface area (Å²) in [5.74, 6) is 0.155. The minimum absolute atomic E-state index is 0.0568. The molecule has 4 nitrogen and oxygen atoms in total. The summed E-state index contributed by atoms with van der Waals surface area (Å²) in [6, 6.07) is 7.69. The molecule has 2 saturated heterocycles. The Morgan fingerprint density at radius 1 is 1.16 bits per heavy atom. The molecule has 3 atom stereocenters. The van der Waals surface area contributed by atoms with E-state index in [1.54, 1.807) is 0 Å². The first-order chi connectivity index (χ1) is 12.1. The number of nitrogens with zero attached hydrogens (tertiary/aromatic N) is 2. The first-order valence-corrected chi connectivity index (χ1v) is 9.25. The summed E-state index contributed by atoms with van der Waals surface area (Å²) in [5, 5.41) is 0. The van der Waals surface area contributed by atoms with Crippen molar-refractivity contribution < 1.29 is 9.59 Å². The number of benzene rings is 1. The van der Waals surface area contributed by atoms with Gasteiger partial charge in [0, 0.05) is 11.6 Å². The van der Waals surface area contributed by atoms with Crippen LogP contribution in [0.3, 0.4) is 0 Å². The predicted octanol–water partition coefficient (Wildman–Crippen LogP) is 4.29. The van der Waals surface area contributed by atoms with Gasteiger partial charge in [-0.1, -0.05) is 56.3 Å². The fourth-order valence-electron chi connectivity index (χ4n) is 4.43. The minimum atomic E-state index is -0.310. The summed E-state index contributed by atoms with van der Waals surface area (Å²) in [6.45, 7) is 4.19. The summed E-state index contributed by atoms with van der Waals surface area (Å²) < 4.78 is 0. The van der Waals surface area contributed by atoms with Crippen molar-refractivity contribution >= 4 is 23.7 Å². The van der Waals surface area contributed by atoms with Crippen molar-refractivity contribution in [2.45, 2.75) is 51.6 Å². The molecule has 1 aliphatic carbocycles. The number of hydrogen-bond acceptors (Lipinski definition) is 2. The third-order valence-corrected chi connectivity index (χ3v) is 5.77. The molecular weight excluding hydrogens is 312 g/mol. The quantitative estimate of drug-likeness (QED) is 0.756. The summed E-state index contributed by atoms with van der Waals surface area (Å²) in [6.07, 6.45) is 9.74. The Morgan fingerprint density at radius 2 is 1.96 bits per heavy atom. The van der Waals surface area contributed by atoms with Crippen LogP contribution in [0.1, 0.15) is 50.7 Å². The van der Waals surface area contributed by atoms with E-state index in [1.807, 2.05) is 35.2 Å². The van der Waals surface area contributed by atoms with Crippen LogP contribution in [0.4, 0.5) is 4.79 Å². The van der Waals surface area contributed by atoms with Crippen LogP contribution in [0.15, 0.2) is 36.4 Å². The average molecular weight is 336 g/mol. The first kappa shape index (κ1) is 16.1. The van der Waals surface area contributed by atoms with Gasteiger partial charge < -0.3 is 4.90 Å². The van der Waals surface area contributed by atoms with Crippen molar-refractivity contribution in [3.8, 4) is 0 Å². The van der Waals surface area contributed by atoms with Gasteiger partial charge in [0.15, 0.2) is 0 Å². The Balaban J connectivity index is 1.78. The lowest BCUT2D eigenvalue weighted by atomic mass is 9.86. The third kappa shape index (κ3) is 2.43. The molecule has 1 aromatic rings. The topological polar surface area (TPSA) is 40.6 Å². The van der Waals surface area contributed by atoms with E-state index < -0.39 is 0 Å². The van der Waals surface area contributed by atoms with Gasteiger partial charge >= 0.3 is 6.03 Å². The molecule has 130 valence electrons. The lowest BCUT2D eigenvalue weighted by Gasteiger charge is -2.38. The molecule has 3 aliphatic rings. The van der Waals surface area contributed by atoms with E-state index in [0.717, 1.165) is 42.5 Å². The maximum Gasteiger partial charge on any atom is 0.332 e. The zero-order valence-electron chi connectivity index (χ0n) is 14.8. The van der Waals surface area contributed by atoms with Crippen LogP contribution in [0.25, 0.3) is 11.8 Å². The van der Waals surface area contributed by atoms with Crippen molar-refractivity contribution in [1.29, 1.82) is 0 Å². The van der Waals surface area contributed by atoms with Crippen molar-refractivity contribution in [1.82, 2.24) is 9.80 Å². The summed E-state index contributed by atoms with van der Waals surface area (Å²) in [5.41, 5.74) is 2.75. The monoisotopic (exact) mass is 336 g/mol. The second-order valence-corrected chi connectivity index (χ2v) is 7.24. The van der Waals surface area contributed by atoms with E-state index in [9.17, 15) is 9.59 Å². The fraction of sp³-hybridized carbons (Fsp3) is 0.429. The number of amides is 3. The predicted molar refractivity (Wildman–Crippen MR) is 98.4 cm³/mol. The molecule has 0 aromatic heterocycles. The summed E-state index contributed by atoms with van der Waals surface area (Å²) >= 11 is 0. The highest BCUT2D eigenvalue weighted by Gasteiger charge is 2.53. The van der Waals surface area contributed by atoms with Gasteiger partial charge in [-0.2, -0.15) is 0 Å². The molecule has 4 rings (SSSR count). The molecule has 0 saturated carbocycles. The van der Waals surface area contributed by atoms with Gasteiger partial charge in [-0.15, -0.1) is 0 Å². The van der Waals surface area contributed by atoms with Gasteiger partial charge in [0.25, 0.3) is 5.91 Å². The maximum atomic E-state index is 13.3. The molecule has 0 radical (unpaired) electrons. The van der Waals surface area contributed by atoms with Crippen LogP contribution in [-0.4, -0.2) is 33.8 Å². The molecule has 0 N–H and O–H groups in total. The molecular formula is C21H24N2O2. The minimum Gasteiger partial charge on any atom is -0.309 e. The molecule has 2 unspecified atom stereocenters. The van der Waals surface area contributed by atoms with Crippen molar-refractivity contribution in [2.24, 2.45) is 5.92 Å². The second kappa shape index (κ2) is 6.17. The zero-order valence-corrected chi connectivity index (χ0v) is 14.8. The lowest BCUT2D eigenvalue weighted by molar-refractivity contribution is -0.128. The number of urea groups is 1. The standard InChI is InChI=1S/C21H24N2O2/c1-3-16-13-12-14(2)19-20(24)23(21(25)22(16)19)18-11-7-5-9-15-8-4-6-10-17(15)18/h4-6,8-11,14,16,19H,3,7,12-13H2,1-2H3/t14?,16?,19-/m1/s1. The first-order valence-electron chi connectivity index (χ1n) is 9.25. The number of fused-ring (bicyclic) bond motifs is 2. The van der Waals surface area contributed by atoms with Crippen LogP contribution >= 0.6 is 0 Å². The maximum absolute atomic E-state index is 13.3. The summed E-state index contributed by atoms with van der Waals surface area (Å²) in [4.78, 5) is 29.8. The number of piperidine rings is 1. The molecule has 2 aliphatic heterocycles. The number of hydrogen-bond donors (Lipinski definition) is 0. The highest BCUT2D eigenvalue weighted by Crippen LogP contribution is 2.40. The van der Waals surface area contributed by atoms with E-state index in [1.165, 1.54) is 4.90 Å². The number of allylic oxidation sites excluding steroid dienone is 2. The highest BCUT2D eigenvalue weighted by atomic mass is 16.2. The van der Waals surface area contributed by atoms with Gasteiger partial charge in [-0.05, 0) is 37.2 Å². The van der Waals surface area contributed by atoms with Crippen molar-refractivity contribution in [2.75, 3.05) is 0 Å². The highest BCUT2D eigenvalue weighted by molar-refractivity contribution is 6.11. The van der Waals surface area contributed by atoms with Crippen LogP contribution in [0.2, 0.25) is 0 Å². The van der Waals surface area contributed by atoms with E-state index in [-0.39, 0.29) is 29.9 Å². The Morgan fingerprint density at radius 3 is 2.76 bits per heavy atom. The fourth-order valence-corrected chi connectivity index (χ4v) is 4.43. The molecule has 2 fully saturated rings. The van der Waals surface area contributed by atoms with E-state index >= 15 is 0 Å². The van der Waals surface area contributed by atoms with E-state index in [4.69, 9.17) is 0 Å². The molecule has 2 heterocycles. The molecule has 25 heavy (non-hydrogen) atoms.